The van der Waals surface area contributed by atoms with Gasteiger partial charge in [0.05, 0.1) is 11.3 Å². The van der Waals surface area contributed by atoms with E-state index in [1.165, 1.54) is 0 Å². The molecule has 6 heteroatoms. The lowest BCUT2D eigenvalue weighted by molar-refractivity contribution is -0.136. The van der Waals surface area contributed by atoms with Crippen molar-refractivity contribution in [2.24, 2.45) is 0 Å². The fourth-order valence-electron chi connectivity index (χ4n) is 3.30. The lowest BCUT2D eigenvalue weighted by Gasteiger charge is -2.26. The lowest BCUT2D eigenvalue weighted by Crippen LogP contribution is -2.26. The fraction of sp³-hybridized carbons (Fsp3) is 0.250. The topological polar surface area (TPSA) is 55.4 Å². The number of allylic oxidation sites excluding steroid dienone is 2. The molecule has 1 N–H and O–H groups in total. The molecule has 1 aliphatic carbocycles. The number of dihydropyridines is 1. The van der Waals surface area contributed by atoms with Crippen molar-refractivity contribution in [1.82, 2.24) is 5.32 Å². The highest BCUT2D eigenvalue weighted by Gasteiger charge is 2.43. The third kappa shape index (κ3) is 2.01. The summed E-state index contributed by atoms with van der Waals surface area (Å²) in [5, 5.41) is 3.24. The van der Waals surface area contributed by atoms with Crippen molar-refractivity contribution in [1.29, 1.82) is 0 Å². The minimum atomic E-state index is -0.335. The number of halogens is 2. The van der Waals surface area contributed by atoms with Crippen molar-refractivity contribution < 1.29 is 14.3 Å². The Morgan fingerprint density at radius 1 is 1.05 bits per heavy atom. The first-order valence-corrected chi connectivity index (χ1v) is 8.53. The maximum Gasteiger partial charge on any atom is 0.337 e. The van der Waals surface area contributed by atoms with Crippen LogP contribution in [0.15, 0.2) is 49.7 Å². The summed E-state index contributed by atoms with van der Waals surface area (Å²) in [5.41, 5.74) is 3.94. The smallest absolute Gasteiger partial charge is 0.337 e. The number of hydrogen-bond donors (Lipinski definition) is 1. The van der Waals surface area contributed by atoms with Gasteiger partial charge in [0.2, 0.25) is 0 Å². The van der Waals surface area contributed by atoms with Gasteiger partial charge in [0.15, 0.2) is 5.78 Å². The molecule has 0 radical (unpaired) electrons. The maximum atomic E-state index is 12.3. The first-order valence-electron chi connectivity index (χ1n) is 6.94. The Hall–Kier alpha value is -1.40. The molecule has 0 aromatic heterocycles. The molecule has 0 fully saturated rings. The number of cyclic esters (lactones) is 1. The summed E-state index contributed by atoms with van der Waals surface area (Å²) in [7, 11) is 0. The van der Waals surface area contributed by atoms with Crippen LogP contribution in [0.25, 0.3) is 0 Å². The molecule has 4 rings (SSSR count). The summed E-state index contributed by atoms with van der Waals surface area (Å²) >= 11 is 6.94. The number of hydrogen-bond acceptors (Lipinski definition) is 4. The van der Waals surface area contributed by atoms with Crippen LogP contribution in [0.4, 0.5) is 0 Å². The van der Waals surface area contributed by atoms with Crippen molar-refractivity contribution in [2.45, 2.75) is 18.8 Å². The lowest BCUT2D eigenvalue weighted by atomic mass is 9.81. The summed E-state index contributed by atoms with van der Waals surface area (Å²) in [6.07, 6.45) is 1.20. The summed E-state index contributed by atoms with van der Waals surface area (Å²) in [5.74, 6) is -0.559. The van der Waals surface area contributed by atoms with E-state index in [4.69, 9.17) is 4.74 Å². The molecule has 0 saturated heterocycles. The second-order valence-corrected chi connectivity index (χ2v) is 7.22. The van der Waals surface area contributed by atoms with Gasteiger partial charge >= 0.3 is 5.97 Å². The molecular weight excluding hydrogens is 414 g/mol. The van der Waals surface area contributed by atoms with E-state index in [0.29, 0.717) is 24.0 Å². The maximum absolute atomic E-state index is 12.3. The minimum absolute atomic E-state index is 0.109. The molecule has 0 spiro atoms. The summed E-state index contributed by atoms with van der Waals surface area (Å²) in [6.45, 7) is 0.257. The number of carbonyl (C=O) groups is 2. The third-order valence-corrected chi connectivity index (χ3v) is 6.16. The normalized spacial score (nSPS) is 23.5. The number of benzene rings is 1. The van der Waals surface area contributed by atoms with Crippen LogP contribution in [0.2, 0.25) is 0 Å². The Bertz CT molecular complexity index is 755. The zero-order valence-electron chi connectivity index (χ0n) is 11.4. The Morgan fingerprint density at radius 3 is 2.64 bits per heavy atom. The van der Waals surface area contributed by atoms with E-state index in [2.05, 4.69) is 37.2 Å². The quantitative estimate of drug-likeness (QED) is 0.702. The molecule has 1 unspecified atom stereocenters. The van der Waals surface area contributed by atoms with E-state index in [-0.39, 0.29) is 24.3 Å². The Kier molecular flexibility index (Phi) is 3.27. The molecule has 1 atom stereocenters. The zero-order valence-corrected chi connectivity index (χ0v) is 14.6. The number of ketones is 1. The second-order valence-electron chi connectivity index (χ2n) is 5.52. The van der Waals surface area contributed by atoms with Crippen molar-refractivity contribution in [3.8, 4) is 0 Å². The van der Waals surface area contributed by atoms with Crippen LogP contribution < -0.4 is 5.32 Å². The van der Waals surface area contributed by atoms with Gasteiger partial charge in [-0.2, -0.15) is 0 Å². The standard InChI is InChI=1S/C16H11Br2NO3/c17-8-2-1-7(5-9(8)18)13-14-10(3-4-12(14)20)19-11-6-22-16(21)15(11)13/h1-2,5,13,19H,3-4,6H2. The number of ether oxygens (including phenoxy) is 1. The summed E-state index contributed by atoms with van der Waals surface area (Å²) in [4.78, 5) is 24.5. The first kappa shape index (κ1) is 14.2. The van der Waals surface area contributed by atoms with Gasteiger partial charge < -0.3 is 10.1 Å². The molecule has 0 bridgehead atoms. The number of Topliss-reactive ketones (excluding diaryl/α,β-unsaturated/α-hetero) is 1. The van der Waals surface area contributed by atoms with Gasteiger partial charge in [-0.3, -0.25) is 4.79 Å². The van der Waals surface area contributed by atoms with E-state index in [1.54, 1.807) is 0 Å². The predicted molar refractivity (Wildman–Crippen MR) is 87.0 cm³/mol. The van der Waals surface area contributed by atoms with Gasteiger partial charge in [-0.15, -0.1) is 0 Å². The molecule has 22 heavy (non-hydrogen) atoms. The highest BCUT2D eigenvalue weighted by Crippen LogP contribution is 2.45. The van der Waals surface area contributed by atoms with Crippen molar-refractivity contribution in [2.75, 3.05) is 6.61 Å². The van der Waals surface area contributed by atoms with Crippen LogP contribution in [-0.4, -0.2) is 18.4 Å². The largest absolute Gasteiger partial charge is 0.456 e. The molecule has 0 amide bonds. The van der Waals surface area contributed by atoms with Gasteiger partial charge in [-0.05, 0) is 56.0 Å². The van der Waals surface area contributed by atoms with E-state index < -0.39 is 0 Å². The molecule has 2 aliphatic heterocycles. The van der Waals surface area contributed by atoms with E-state index in [0.717, 1.165) is 25.9 Å². The second kappa shape index (κ2) is 5.06. The van der Waals surface area contributed by atoms with Crippen LogP contribution in [0.1, 0.15) is 24.3 Å². The van der Waals surface area contributed by atoms with Crippen LogP contribution in [0.5, 0.6) is 0 Å². The molecule has 0 saturated carbocycles. The molecule has 4 nitrogen and oxygen atoms in total. The first-order chi connectivity index (χ1) is 10.6. The van der Waals surface area contributed by atoms with E-state index in [9.17, 15) is 9.59 Å². The van der Waals surface area contributed by atoms with E-state index >= 15 is 0 Å². The summed E-state index contributed by atoms with van der Waals surface area (Å²) in [6, 6.07) is 5.81. The number of carbonyl (C=O) groups excluding carboxylic acids is 2. The average molecular weight is 425 g/mol. The molecule has 3 aliphatic rings. The molecule has 112 valence electrons. The highest BCUT2D eigenvalue weighted by atomic mass is 79.9. The Morgan fingerprint density at radius 2 is 1.86 bits per heavy atom. The van der Waals surface area contributed by atoms with Crippen LogP contribution >= 0.6 is 31.9 Å². The van der Waals surface area contributed by atoms with Crippen molar-refractivity contribution in [3.05, 3.63) is 55.2 Å². The van der Waals surface area contributed by atoms with Crippen LogP contribution in [0, 0.1) is 0 Å². The van der Waals surface area contributed by atoms with Gasteiger partial charge in [0.1, 0.15) is 6.61 Å². The average Bonchev–Trinajstić information content (AvgIpc) is 3.05. The zero-order chi connectivity index (χ0) is 15.4. The number of rotatable bonds is 1. The summed E-state index contributed by atoms with van der Waals surface area (Å²) < 4.78 is 7.00. The molecule has 2 heterocycles. The predicted octanol–water partition coefficient (Wildman–Crippen LogP) is 3.33. The Labute approximate surface area is 143 Å². The molecule has 1 aromatic carbocycles. The van der Waals surface area contributed by atoms with Gasteiger partial charge in [-0.1, -0.05) is 6.07 Å². The van der Waals surface area contributed by atoms with Gasteiger partial charge in [0.25, 0.3) is 0 Å². The third-order valence-electron chi connectivity index (χ3n) is 4.28. The van der Waals surface area contributed by atoms with Gasteiger partial charge in [-0.25, -0.2) is 4.79 Å². The molecule has 1 aromatic rings. The van der Waals surface area contributed by atoms with Gasteiger partial charge in [0, 0.05) is 32.6 Å². The van der Waals surface area contributed by atoms with Crippen LogP contribution in [0.3, 0.4) is 0 Å². The molecular formula is C16H11Br2NO3. The van der Waals surface area contributed by atoms with Crippen molar-refractivity contribution in [3.63, 3.8) is 0 Å². The number of nitrogens with one attached hydrogen (secondary N) is 1. The monoisotopic (exact) mass is 423 g/mol. The van der Waals surface area contributed by atoms with Crippen LogP contribution in [-0.2, 0) is 14.3 Å². The van der Waals surface area contributed by atoms with Crippen molar-refractivity contribution >= 4 is 43.6 Å². The highest BCUT2D eigenvalue weighted by molar-refractivity contribution is 9.13. The Balaban J connectivity index is 1.91. The van der Waals surface area contributed by atoms with E-state index in [1.807, 2.05) is 18.2 Å². The minimum Gasteiger partial charge on any atom is -0.456 e. The fourth-order valence-corrected chi connectivity index (χ4v) is 3.95. The SMILES string of the molecule is O=C1CCC2=C1C(c1ccc(Br)c(Br)c1)C1=C(COC1=O)N2. The number of esters is 1.